The van der Waals surface area contributed by atoms with Crippen LogP contribution in [0.15, 0.2) is 39.6 Å². The third-order valence-corrected chi connectivity index (χ3v) is 3.92. The van der Waals surface area contributed by atoms with E-state index in [1.165, 1.54) is 4.68 Å². The summed E-state index contributed by atoms with van der Waals surface area (Å²) in [5.41, 5.74) is 1.77. The second kappa shape index (κ2) is 6.34. The average Bonchev–Trinajstić information content (AvgIpc) is 2.94. The van der Waals surface area contributed by atoms with Crippen molar-refractivity contribution in [2.24, 2.45) is 0 Å². The van der Waals surface area contributed by atoms with Crippen LogP contribution >= 0.6 is 0 Å². The number of aliphatic hydroxyl groups is 1. The number of hydrogen-bond acceptors (Lipinski definition) is 5. The van der Waals surface area contributed by atoms with Crippen LogP contribution < -0.4 is 5.56 Å². The molecule has 0 bridgehead atoms. The van der Waals surface area contributed by atoms with Crippen LogP contribution in [0, 0.1) is 13.8 Å². The molecule has 3 aromatic rings. The van der Waals surface area contributed by atoms with Gasteiger partial charge in [-0.05, 0) is 32.3 Å². The van der Waals surface area contributed by atoms with Crippen LogP contribution in [0.25, 0.3) is 10.9 Å². The van der Waals surface area contributed by atoms with E-state index in [4.69, 9.17) is 4.52 Å². The van der Waals surface area contributed by atoms with E-state index >= 15 is 0 Å². The van der Waals surface area contributed by atoms with Crippen molar-refractivity contribution in [3.8, 4) is 0 Å². The van der Waals surface area contributed by atoms with Crippen molar-refractivity contribution in [1.29, 1.82) is 0 Å². The van der Waals surface area contributed by atoms with Gasteiger partial charge in [0.1, 0.15) is 5.76 Å². The van der Waals surface area contributed by atoms with Gasteiger partial charge in [-0.25, -0.2) is 4.68 Å². The Balaban J connectivity index is 1.76. The van der Waals surface area contributed by atoms with E-state index in [-0.39, 0.29) is 17.6 Å². The SMILES string of the molecule is Cc1nn(C[C@H](O)CCc2ccccc2)c(=O)c2noc(C)c12. The van der Waals surface area contributed by atoms with Gasteiger partial charge in [0, 0.05) is 0 Å². The molecule has 0 amide bonds. The molecule has 6 nitrogen and oxygen atoms in total. The lowest BCUT2D eigenvalue weighted by atomic mass is 10.1. The molecule has 0 aliphatic heterocycles. The zero-order valence-electron chi connectivity index (χ0n) is 13.2. The van der Waals surface area contributed by atoms with Gasteiger partial charge in [0.2, 0.25) is 0 Å². The van der Waals surface area contributed by atoms with Gasteiger partial charge in [0.05, 0.1) is 23.7 Å². The lowest BCUT2D eigenvalue weighted by Gasteiger charge is -2.12. The minimum Gasteiger partial charge on any atom is -0.391 e. The van der Waals surface area contributed by atoms with E-state index in [1.54, 1.807) is 13.8 Å². The first-order valence-electron chi connectivity index (χ1n) is 7.62. The van der Waals surface area contributed by atoms with Gasteiger partial charge in [0.15, 0.2) is 5.52 Å². The number of aryl methyl sites for hydroxylation is 3. The summed E-state index contributed by atoms with van der Waals surface area (Å²) in [7, 11) is 0. The highest BCUT2D eigenvalue weighted by atomic mass is 16.5. The number of aliphatic hydroxyl groups excluding tert-OH is 1. The van der Waals surface area contributed by atoms with Gasteiger partial charge in [0.25, 0.3) is 5.56 Å². The highest BCUT2D eigenvalue weighted by Crippen LogP contribution is 2.16. The molecule has 0 aliphatic carbocycles. The monoisotopic (exact) mass is 313 g/mol. The molecule has 0 fully saturated rings. The predicted octanol–water partition coefficient (Wildman–Crippen LogP) is 2.00. The zero-order chi connectivity index (χ0) is 16.4. The second-order valence-electron chi connectivity index (χ2n) is 5.71. The number of hydrogen-bond donors (Lipinski definition) is 1. The van der Waals surface area contributed by atoms with Gasteiger partial charge in [-0.3, -0.25) is 4.79 Å². The quantitative estimate of drug-likeness (QED) is 0.779. The fourth-order valence-corrected chi connectivity index (χ4v) is 2.74. The maximum absolute atomic E-state index is 12.4. The van der Waals surface area contributed by atoms with Crippen molar-refractivity contribution >= 4 is 10.9 Å². The summed E-state index contributed by atoms with van der Waals surface area (Å²) in [6.45, 7) is 3.70. The van der Waals surface area contributed by atoms with Crippen LogP contribution in [0.2, 0.25) is 0 Å². The Hall–Kier alpha value is -2.47. The molecule has 0 spiro atoms. The normalized spacial score (nSPS) is 12.7. The summed E-state index contributed by atoms with van der Waals surface area (Å²) < 4.78 is 6.35. The van der Waals surface area contributed by atoms with Gasteiger partial charge in [-0.1, -0.05) is 35.5 Å². The summed E-state index contributed by atoms with van der Waals surface area (Å²) in [4.78, 5) is 12.4. The molecule has 1 aromatic carbocycles. The van der Waals surface area contributed by atoms with Crippen molar-refractivity contribution < 1.29 is 9.63 Å². The van der Waals surface area contributed by atoms with Gasteiger partial charge < -0.3 is 9.63 Å². The molecule has 2 heterocycles. The summed E-state index contributed by atoms with van der Waals surface area (Å²) in [6, 6.07) is 9.94. The molecule has 1 atom stereocenters. The second-order valence-corrected chi connectivity index (χ2v) is 5.71. The molecule has 120 valence electrons. The maximum Gasteiger partial charge on any atom is 0.296 e. The molecular weight excluding hydrogens is 294 g/mol. The number of nitrogens with zero attached hydrogens (tertiary/aromatic N) is 3. The molecule has 3 rings (SSSR count). The summed E-state index contributed by atoms with van der Waals surface area (Å²) in [6.07, 6.45) is 0.666. The molecule has 2 aromatic heterocycles. The van der Waals surface area contributed by atoms with Crippen molar-refractivity contribution in [1.82, 2.24) is 14.9 Å². The van der Waals surface area contributed by atoms with E-state index < -0.39 is 6.10 Å². The molecule has 0 saturated carbocycles. The molecule has 1 N–H and O–H groups in total. The average molecular weight is 313 g/mol. The fraction of sp³-hybridized carbons (Fsp3) is 0.353. The van der Waals surface area contributed by atoms with Gasteiger partial charge >= 0.3 is 0 Å². The zero-order valence-corrected chi connectivity index (χ0v) is 13.2. The highest BCUT2D eigenvalue weighted by Gasteiger charge is 2.16. The Kier molecular flexibility index (Phi) is 4.25. The van der Waals surface area contributed by atoms with E-state index in [9.17, 15) is 9.90 Å². The predicted molar refractivity (Wildman–Crippen MR) is 86.3 cm³/mol. The number of fused-ring (bicyclic) bond motifs is 1. The molecular formula is C17H19N3O3. The number of benzene rings is 1. The first-order chi connectivity index (χ1) is 11.1. The van der Waals surface area contributed by atoms with Crippen molar-refractivity contribution in [2.45, 2.75) is 39.3 Å². The third-order valence-electron chi connectivity index (χ3n) is 3.92. The van der Waals surface area contributed by atoms with Crippen LogP contribution in [0.4, 0.5) is 0 Å². The molecule has 0 radical (unpaired) electrons. The van der Waals surface area contributed by atoms with Crippen LogP contribution in [-0.4, -0.2) is 26.1 Å². The molecule has 0 saturated heterocycles. The smallest absolute Gasteiger partial charge is 0.296 e. The van der Waals surface area contributed by atoms with E-state index in [0.717, 1.165) is 12.0 Å². The first kappa shape index (κ1) is 15.4. The Morgan fingerprint density at radius 1 is 1.26 bits per heavy atom. The lowest BCUT2D eigenvalue weighted by Crippen LogP contribution is -2.30. The lowest BCUT2D eigenvalue weighted by molar-refractivity contribution is 0.138. The first-order valence-corrected chi connectivity index (χ1v) is 7.62. The Bertz CT molecular complexity index is 868. The van der Waals surface area contributed by atoms with Crippen molar-refractivity contribution in [3.63, 3.8) is 0 Å². The standard InChI is InChI=1S/C17H19N3O3/c1-11-15-12(2)23-19-16(15)17(22)20(18-11)10-14(21)9-8-13-6-4-3-5-7-13/h3-7,14,21H,8-10H2,1-2H3/t14-/m1/s1. The van der Waals surface area contributed by atoms with E-state index in [0.29, 0.717) is 23.3 Å². The summed E-state index contributed by atoms with van der Waals surface area (Å²) in [5, 5.41) is 19.0. The molecule has 6 heteroatoms. The van der Waals surface area contributed by atoms with Crippen molar-refractivity contribution in [3.05, 3.63) is 57.7 Å². The van der Waals surface area contributed by atoms with E-state index in [1.807, 2.05) is 30.3 Å². The topological polar surface area (TPSA) is 81.1 Å². The summed E-state index contributed by atoms with van der Waals surface area (Å²) >= 11 is 0. The minimum absolute atomic E-state index is 0.147. The Labute approximate surface area is 133 Å². The Morgan fingerprint density at radius 3 is 2.74 bits per heavy atom. The molecule has 23 heavy (non-hydrogen) atoms. The Morgan fingerprint density at radius 2 is 2.00 bits per heavy atom. The van der Waals surface area contributed by atoms with Crippen LogP contribution in [-0.2, 0) is 13.0 Å². The number of aromatic nitrogens is 3. The third kappa shape index (κ3) is 3.17. The largest absolute Gasteiger partial charge is 0.391 e. The van der Waals surface area contributed by atoms with Crippen LogP contribution in [0.5, 0.6) is 0 Å². The fourth-order valence-electron chi connectivity index (χ4n) is 2.74. The maximum atomic E-state index is 12.4. The highest BCUT2D eigenvalue weighted by molar-refractivity contribution is 5.81. The molecule has 0 unspecified atom stereocenters. The van der Waals surface area contributed by atoms with Crippen LogP contribution in [0.3, 0.4) is 0 Å². The number of rotatable bonds is 5. The van der Waals surface area contributed by atoms with Crippen molar-refractivity contribution in [2.75, 3.05) is 0 Å². The minimum atomic E-state index is -0.648. The molecule has 0 aliphatic rings. The van der Waals surface area contributed by atoms with Crippen LogP contribution in [0.1, 0.15) is 23.4 Å². The van der Waals surface area contributed by atoms with E-state index in [2.05, 4.69) is 10.3 Å². The summed E-state index contributed by atoms with van der Waals surface area (Å²) in [5.74, 6) is 0.582. The van der Waals surface area contributed by atoms with Gasteiger partial charge in [-0.15, -0.1) is 0 Å². The van der Waals surface area contributed by atoms with Gasteiger partial charge in [-0.2, -0.15) is 5.10 Å².